The van der Waals surface area contributed by atoms with Crippen molar-refractivity contribution in [1.82, 2.24) is 5.32 Å². The van der Waals surface area contributed by atoms with Crippen molar-refractivity contribution in [3.05, 3.63) is 35.1 Å². The molecule has 0 amide bonds. The lowest BCUT2D eigenvalue weighted by Crippen LogP contribution is -2.23. The minimum atomic E-state index is -0.180. The van der Waals surface area contributed by atoms with Crippen molar-refractivity contribution in [1.29, 1.82) is 0 Å². The molecule has 1 unspecified atom stereocenters. The van der Waals surface area contributed by atoms with Gasteiger partial charge in [-0.15, -0.1) is 0 Å². The van der Waals surface area contributed by atoms with Crippen molar-refractivity contribution in [2.24, 2.45) is 5.73 Å². The Kier molecular flexibility index (Phi) is 3.39. The van der Waals surface area contributed by atoms with Crippen molar-refractivity contribution in [3.63, 3.8) is 0 Å². The van der Waals surface area contributed by atoms with Crippen LogP contribution in [0.4, 0.5) is 4.39 Å². The van der Waals surface area contributed by atoms with E-state index in [0.29, 0.717) is 12.1 Å². The Bertz CT molecular complexity index is 286. The summed E-state index contributed by atoms with van der Waals surface area (Å²) in [4.78, 5) is 0. The number of halogens is 1. The lowest BCUT2D eigenvalue weighted by atomic mass is 10.0. The molecular formula is C10H15FN2. The van der Waals surface area contributed by atoms with Gasteiger partial charge in [0.25, 0.3) is 0 Å². The number of nitrogens with one attached hydrogen (secondary N) is 1. The van der Waals surface area contributed by atoms with Gasteiger partial charge >= 0.3 is 0 Å². The highest BCUT2D eigenvalue weighted by atomic mass is 19.1. The van der Waals surface area contributed by atoms with Gasteiger partial charge in [0.05, 0.1) is 0 Å². The Hall–Kier alpha value is -0.930. The molecule has 1 aromatic carbocycles. The monoisotopic (exact) mass is 182 g/mol. The lowest BCUT2D eigenvalue weighted by molar-refractivity contribution is 0.611. The largest absolute Gasteiger partial charge is 0.323 e. The van der Waals surface area contributed by atoms with Gasteiger partial charge in [0.15, 0.2) is 0 Å². The molecule has 2 nitrogen and oxygen atoms in total. The van der Waals surface area contributed by atoms with Crippen LogP contribution >= 0.6 is 0 Å². The first-order valence-corrected chi connectivity index (χ1v) is 4.31. The standard InChI is InChI=1S/C10H15FN2/c1-7-5-8(3-4-9(7)11)10(12)6-13-2/h3-5,10,13H,6,12H2,1-2H3. The first kappa shape index (κ1) is 10.2. The van der Waals surface area contributed by atoms with Gasteiger partial charge in [-0.3, -0.25) is 0 Å². The van der Waals surface area contributed by atoms with E-state index in [0.717, 1.165) is 5.56 Å². The highest BCUT2D eigenvalue weighted by molar-refractivity contribution is 5.26. The Morgan fingerprint density at radius 1 is 1.54 bits per heavy atom. The molecule has 1 rings (SSSR count). The molecule has 3 N–H and O–H groups in total. The Morgan fingerprint density at radius 3 is 2.77 bits per heavy atom. The summed E-state index contributed by atoms with van der Waals surface area (Å²) in [6.45, 7) is 2.44. The molecule has 3 heteroatoms. The molecule has 0 aliphatic heterocycles. The molecule has 0 bridgehead atoms. The van der Waals surface area contributed by atoms with Crippen molar-refractivity contribution in [2.45, 2.75) is 13.0 Å². The van der Waals surface area contributed by atoms with E-state index in [-0.39, 0.29) is 11.9 Å². The molecule has 0 spiro atoms. The molecule has 0 fully saturated rings. The van der Waals surface area contributed by atoms with Crippen molar-refractivity contribution in [2.75, 3.05) is 13.6 Å². The van der Waals surface area contributed by atoms with Crippen LogP contribution in [0.15, 0.2) is 18.2 Å². The predicted molar refractivity (Wildman–Crippen MR) is 52.0 cm³/mol. The minimum absolute atomic E-state index is 0.0655. The summed E-state index contributed by atoms with van der Waals surface area (Å²) in [6.07, 6.45) is 0. The van der Waals surface area contributed by atoms with Gasteiger partial charge in [0, 0.05) is 12.6 Å². The fourth-order valence-electron chi connectivity index (χ4n) is 1.24. The van der Waals surface area contributed by atoms with Crippen LogP contribution in [0.5, 0.6) is 0 Å². The number of likely N-dealkylation sites (N-methyl/N-ethyl adjacent to an activating group) is 1. The molecule has 1 aromatic rings. The second kappa shape index (κ2) is 4.35. The van der Waals surface area contributed by atoms with Crippen molar-refractivity contribution < 1.29 is 4.39 Å². The van der Waals surface area contributed by atoms with Crippen LogP contribution in [0.25, 0.3) is 0 Å². The number of rotatable bonds is 3. The second-order valence-corrected chi connectivity index (χ2v) is 3.17. The van der Waals surface area contributed by atoms with Gasteiger partial charge in [0.2, 0.25) is 0 Å². The first-order valence-electron chi connectivity index (χ1n) is 4.31. The van der Waals surface area contributed by atoms with E-state index in [1.165, 1.54) is 6.07 Å². The van der Waals surface area contributed by atoms with Gasteiger partial charge in [-0.25, -0.2) is 4.39 Å². The summed E-state index contributed by atoms with van der Waals surface area (Å²) in [5.74, 6) is -0.180. The number of benzene rings is 1. The third-order valence-corrected chi connectivity index (χ3v) is 2.03. The molecule has 0 aliphatic carbocycles. The number of hydrogen-bond donors (Lipinski definition) is 2. The van der Waals surface area contributed by atoms with Gasteiger partial charge in [0.1, 0.15) is 5.82 Å². The van der Waals surface area contributed by atoms with E-state index in [1.807, 2.05) is 7.05 Å². The van der Waals surface area contributed by atoms with Gasteiger partial charge in [-0.2, -0.15) is 0 Å². The van der Waals surface area contributed by atoms with Crippen LogP contribution in [0.2, 0.25) is 0 Å². The molecule has 0 heterocycles. The number of aryl methyl sites for hydroxylation is 1. The quantitative estimate of drug-likeness (QED) is 0.740. The molecule has 72 valence electrons. The van der Waals surface area contributed by atoms with E-state index in [1.54, 1.807) is 19.1 Å². The van der Waals surface area contributed by atoms with Gasteiger partial charge in [-0.05, 0) is 31.2 Å². The lowest BCUT2D eigenvalue weighted by Gasteiger charge is -2.11. The molecule has 0 aromatic heterocycles. The number of hydrogen-bond acceptors (Lipinski definition) is 2. The fourth-order valence-corrected chi connectivity index (χ4v) is 1.24. The summed E-state index contributed by atoms with van der Waals surface area (Å²) < 4.78 is 12.9. The second-order valence-electron chi connectivity index (χ2n) is 3.17. The molecule has 0 radical (unpaired) electrons. The van der Waals surface area contributed by atoms with E-state index < -0.39 is 0 Å². The third kappa shape index (κ3) is 2.50. The normalized spacial score (nSPS) is 12.9. The molecule has 0 saturated carbocycles. The summed E-state index contributed by atoms with van der Waals surface area (Å²) >= 11 is 0. The third-order valence-electron chi connectivity index (χ3n) is 2.03. The molecule has 0 saturated heterocycles. The van der Waals surface area contributed by atoms with Crippen LogP contribution in [-0.2, 0) is 0 Å². The maximum atomic E-state index is 12.9. The molecular weight excluding hydrogens is 167 g/mol. The SMILES string of the molecule is CNCC(N)c1ccc(F)c(C)c1. The molecule has 13 heavy (non-hydrogen) atoms. The van der Waals surface area contributed by atoms with Crippen LogP contribution in [-0.4, -0.2) is 13.6 Å². The summed E-state index contributed by atoms with van der Waals surface area (Å²) in [7, 11) is 1.84. The van der Waals surface area contributed by atoms with Crippen LogP contribution in [0.1, 0.15) is 17.2 Å². The Morgan fingerprint density at radius 2 is 2.23 bits per heavy atom. The van der Waals surface area contributed by atoms with E-state index >= 15 is 0 Å². The zero-order valence-electron chi connectivity index (χ0n) is 7.97. The van der Waals surface area contributed by atoms with Crippen LogP contribution in [0, 0.1) is 12.7 Å². The summed E-state index contributed by atoms with van der Waals surface area (Å²) in [6, 6.07) is 4.91. The van der Waals surface area contributed by atoms with E-state index in [2.05, 4.69) is 5.32 Å². The zero-order chi connectivity index (χ0) is 9.84. The highest BCUT2D eigenvalue weighted by Crippen LogP contribution is 2.14. The maximum Gasteiger partial charge on any atom is 0.126 e. The predicted octanol–water partition coefficient (Wildman–Crippen LogP) is 1.35. The maximum absolute atomic E-state index is 12.9. The zero-order valence-corrected chi connectivity index (χ0v) is 7.97. The van der Waals surface area contributed by atoms with Crippen molar-refractivity contribution in [3.8, 4) is 0 Å². The average Bonchev–Trinajstić information content (AvgIpc) is 2.10. The Balaban J connectivity index is 2.84. The molecule has 0 aliphatic rings. The smallest absolute Gasteiger partial charge is 0.126 e. The average molecular weight is 182 g/mol. The topological polar surface area (TPSA) is 38.0 Å². The first-order chi connectivity index (χ1) is 6.15. The fraction of sp³-hybridized carbons (Fsp3) is 0.400. The van der Waals surface area contributed by atoms with Crippen LogP contribution in [0.3, 0.4) is 0 Å². The van der Waals surface area contributed by atoms with Crippen molar-refractivity contribution >= 4 is 0 Å². The Labute approximate surface area is 77.9 Å². The summed E-state index contributed by atoms with van der Waals surface area (Å²) in [5.41, 5.74) is 7.45. The van der Waals surface area contributed by atoms with Gasteiger partial charge < -0.3 is 11.1 Å². The minimum Gasteiger partial charge on any atom is -0.323 e. The highest BCUT2D eigenvalue weighted by Gasteiger charge is 2.06. The van der Waals surface area contributed by atoms with E-state index in [4.69, 9.17) is 5.73 Å². The summed E-state index contributed by atoms with van der Waals surface area (Å²) in [5, 5.41) is 2.98. The number of nitrogens with two attached hydrogens (primary N) is 1. The molecule has 1 atom stereocenters. The van der Waals surface area contributed by atoms with E-state index in [9.17, 15) is 4.39 Å². The van der Waals surface area contributed by atoms with Gasteiger partial charge in [-0.1, -0.05) is 12.1 Å². The van der Waals surface area contributed by atoms with Crippen LogP contribution < -0.4 is 11.1 Å².